The number of halogens is 1. The lowest BCUT2D eigenvalue weighted by Gasteiger charge is -2.10. The summed E-state index contributed by atoms with van der Waals surface area (Å²) in [6, 6.07) is 4.63. The lowest BCUT2D eigenvalue weighted by molar-refractivity contribution is 0.400. The van der Waals surface area contributed by atoms with Gasteiger partial charge in [0, 0.05) is 16.2 Å². The molecule has 0 spiro atoms. The standard InChI is InChI=1S/C11H12BrN3O3S/c1-6-3-11(14-18-6)15-19(16,17)10-5-8(12)4-9(13)7(10)2/h3-5H,13H2,1-2H3,(H,14,15). The molecule has 6 nitrogen and oxygen atoms in total. The van der Waals surface area contributed by atoms with Crippen molar-refractivity contribution in [1.82, 2.24) is 5.16 Å². The predicted molar refractivity (Wildman–Crippen MR) is 75.3 cm³/mol. The van der Waals surface area contributed by atoms with Crippen molar-refractivity contribution < 1.29 is 12.9 Å². The minimum absolute atomic E-state index is 0.0972. The lowest BCUT2D eigenvalue weighted by atomic mass is 10.2. The van der Waals surface area contributed by atoms with Crippen molar-refractivity contribution in [3.05, 3.63) is 34.0 Å². The summed E-state index contributed by atoms with van der Waals surface area (Å²) < 4.78 is 32.3. The van der Waals surface area contributed by atoms with Crippen LogP contribution in [0.15, 0.2) is 32.1 Å². The van der Waals surface area contributed by atoms with Crippen molar-refractivity contribution in [2.45, 2.75) is 18.7 Å². The van der Waals surface area contributed by atoms with Crippen molar-refractivity contribution in [2.24, 2.45) is 0 Å². The van der Waals surface area contributed by atoms with Crippen molar-refractivity contribution in [2.75, 3.05) is 10.5 Å². The van der Waals surface area contributed by atoms with Gasteiger partial charge in [-0.2, -0.15) is 0 Å². The number of anilines is 2. The first-order valence-corrected chi connectivity index (χ1v) is 7.59. The number of nitrogens with two attached hydrogens (primary N) is 1. The largest absolute Gasteiger partial charge is 0.398 e. The van der Waals surface area contributed by atoms with Crippen LogP contribution in [0.4, 0.5) is 11.5 Å². The van der Waals surface area contributed by atoms with E-state index in [9.17, 15) is 8.42 Å². The molecule has 0 radical (unpaired) electrons. The second-order valence-corrected chi connectivity index (χ2v) is 6.61. The maximum Gasteiger partial charge on any atom is 0.263 e. The zero-order valence-electron chi connectivity index (χ0n) is 10.3. The zero-order valence-corrected chi connectivity index (χ0v) is 12.7. The van der Waals surface area contributed by atoms with Gasteiger partial charge in [0.25, 0.3) is 10.0 Å². The molecule has 0 saturated heterocycles. The number of nitrogens with zero attached hydrogens (tertiary/aromatic N) is 1. The van der Waals surface area contributed by atoms with Crippen LogP contribution in [0, 0.1) is 13.8 Å². The van der Waals surface area contributed by atoms with E-state index in [4.69, 9.17) is 10.3 Å². The number of hydrogen-bond acceptors (Lipinski definition) is 5. The Kier molecular flexibility index (Phi) is 3.55. The molecular formula is C11H12BrN3O3S. The van der Waals surface area contributed by atoms with Crippen LogP contribution in [-0.2, 0) is 10.0 Å². The molecule has 19 heavy (non-hydrogen) atoms. The molecule has 1 aromatic carbocycles. The smallest absolute Gasteiger partial charge is 0.263 e. The van der Waals surface area contributed by atoms with Crippen LogP contribution < -0.4 is 10.5 Å². The van der Waals surface area contributed by atoms with E-state index < -0.39 is 10.0 Å². The molecule has 8 heteroatoms. The van der Waals surface area contributed by atoms with Crippen molar-refractivity contribution >= 4 is 37.5 Å². The highest BCUT2D eigenvalue weighted by atomic mass is 79.9. The molecule has 2 aromatic rings. The number of benzene rings is 1. The number of aryl methyl sites for hydroxylation is 1. The van der Waals surface area contributed by atoms with E-state index in [1.54, 1.807) is 19.9 Å². The van der Waals surface area contributed by atoms with Gasteiger partial charge in [-0.3, -0.25) is 4.72 Å². The molecule has 3 N–H and O–H groups in total. The van der Waals surface area contributed by atoms with E-state index in [1.165, 1.54) is 12.1 Å². The van der Waals surface area contributed by atoms with Gasteiger partial charge < -0.3 is 10.3 Å². The second kappa shape index (κ2) is 4.86. The first-order valence-electron chi connectivity index (χ1n) is 5.31. The quantitative estimate of drug-likeness (QED) is 0.832. The summed E-state index contributed by atoms with van der Waals surface area (Å²) in [6.45, 7) is 3.32. The highest BCUT2D eigenvalue weighted by Crippen LogP contribution is 2.27. The number of nitrogen functional groups attached to an aromatic ring is 1. The number of hydrogen-bond donors (Lipinski definition) is 2. The summed E-state index contributed by atoms with van der Waals surface area (Å²) in [5.41, 5.74) is 6.64. The SMILES string of the molecule is Cc1cc(NS(=O)(=O)c2cc(Br)cc(N)c2C)no1. The number of nitrogens with one attached hydrogen (secondary N) is 1. The molecule has 102 valence electrons. The van der Waals surface area contributed by atoms with Crippen LogP contribution in [0.1, 0.15) is 11.3 Å². The third kappa shape index (κ3) is 2.90. The topological polar surface area (TPSA) is 98.2 Å². The second-order valence-electron chi connectivity index (χ2n) is 4.05. The minimum atomic E-state index is -3.76. The number of aromatic nitrogens is 1. The van der Waals surface area contributed by atoms with Crippen LogP contribution >= 0.6 is 15.9 Å². The molecular weight excluding hydrogens is 334 g/mol. The molecule has 0 aliphatic rings. The van der Waals surface area contributed by atoms with Gasteiger partial charge in [-0.1, -0.05) is 21.1 Å². The van der Waals surface area contributed by atoms with Gasteiger partial charge in [0.05, 0.1) is 4.90 Å². The van der Waals surface area contributed by atoms with Gasteiger partial charge in [-0.25, -0.2) is 8.42 Å². The Hall–Kier alpha value is -1.54. The molecule has 0 fully saturated rings. The van der Waals surface area contributed by atoms with Crippen LogP contribution in [0.25, 0.3) is 0 Å². The molecule has 0 saturated carbocycles. The summed E-state index contributed by atoms with van der Waals surface area (Å²) in [5, 5.41) is 3.59. The fraction of sp³-hybridized carbons (Fsp3) is 0.182. The highest BCUT2D eigenvalue weighted by molar-refractivity contribution is 9.10. The summed E-state index contributed by atoms with van der Waals surface area (Å²) in [5.74, 6) is 0.652. The summed E-state index contributed by atoms with van der Waals surface area (Å²) >= 11 is 3.22. The fourth-order valence-corrected chi connectivity index (χ4v) is 3.47. The van der Waals surface area contributed by atoms with Crippen LogP contribution in [0.2, 0.25) is 0 Å². The summed E-state index contributed by atoms with van der Waals surface area (Å²) in [4.78, 5) is 0.0972. The van der Waals surface area contributed by atoms with E-state index in [2.05, 4.69) is 25.8 Å². The van der Waals surface area contributed by atoms with E-state index in [-0.39, 0.29) is 10.7 Å². The third-order valence-electron chi connectivity index (χ3n) is 2.52. The molecule has 0 atom stereocenters. The number of rotatable bonds is 3. The maximum absolute atomic E-state index is 12.3. The van der Waals surface area contributed by atoms with Gasteiger partial charge in [0.2, 0.25) is 0 Å². The first kappa shape index (κ1) is 13.9. The Labute approximate surface area is 119 Å². The van der Waals surface area contributed by atoms with Crippen LogP contribution in [0.3, 0.4) is 0 Å². The lowest BCUT2D eigenvalue weighted by Crippen LogP contribution is -2.15. The molecule has 0 amide bonds. The van der Waals surface area contributed by atoms with Gasteiger partial charge in [-0.05, 0) is 31.5 Å². The van der Waals surface area contributed by atoms with Gasteiger partial charge in [0.1, 0.15) is 5.76 Å². The Morgan fingerprint density at radius 3 is 2.58 bits per heavy atom. The summed E-state index contributed by atoms with van der Waals surface area (Å²) in [6.07, 6.45) is 0. The Balaban J connectivity index is 2.45. The van der Waals surface area contributed by atoms with Gasteiger partial charge in [-0.15, -0.1) is 0 Å². The van der Waals surface area contributed by atoms with Crippen molar-refractivity contribution in [1.29, 1.82) is 0 Å². The average molecular weight is 346 g/mol. The molecule has 1 aromatic heterocycles. The number of sulfonamides is 1. The van der Waals surface area contributed by atoms with E-state index in [1.807, 2.05) is 0 Å². The normalized spacial score (nSPS) is 11.5. The monoisotopic (exact) mass is 345 g/mol. The first-order chi connectivity index (χ1) is 8.79. The molecule has 0 bridgehead atoms. The van der Waals surface area contributed by atoms with Crippen molar-refractivity contribution in [3.63, 3.8) is 0 Å². The van der Waals surface area contributed by atoms with E-state index >= 15 is 0 Å². The molecule has 0 aliphatic heterocycles. The fourth-order valence-electron chi connectivity index (χ4n) is 1.56. The van der Waals surface area contributed by atoms with Gasteiger partial charge in [0.15, 0.2) is 5.82 Å². The molecule has 0 aliphatic carbocycles. The zero-order chi connectivity index (χ0) is 14.2. The third-order valence-corrected chi connectivity index (χ3v) is 4.46. The van der Waals surface area contributed by atoms with Crippen molar-refractivity contribution in [3.8, 4) is 0 Å². The van der Waals surface area contributed by atoms with Crippen LogP contribution in [0.5, 0.6) is 0 Å². The Morgan fingerprint density at radius 2 is 2.00 bits per heavy atom. The van der Waals surface area contributed by atoms with Gasteiger partial charge >= 0.3 is 0 Å². The minimum Gasteiger partial charge on any atom is -0.398 e. The Morgan fingerprint density at radius 1 is 1.32 bits per heavy atom. The molecule has 2 rings (SSSR count). The molecule has 0 unspecified atom stereocenters. The average Bonchev–Trinajstić information content (AvgIpc) is 2.68. The highest BCUT2D eigenvalue weighted by Gasteiger charge is 2.20. The maximum atomic E-state index is 12.3. The molecule has 1 heterocycles. The summed E-state index contributed by atoms with van der Waals surface area (Å²) in [7, 11) is -3.76. The van der Waals surface area contributed by atoms with E-state index in [0.29, 0.717) is 21.5 Å². The van der Waals surface area contributed by atoms with Crippen LogP contribution in [-0.4, -0.2) is 13.6 Å². The predicted octanol–water partition coefficient (Wildman–Crippen LogP) is 2.44. The Bertz CT molecular complexity index is 725. The van der Waals surface area contributed by atoms with E-state index in [0.717, 1.165) is 0 Å².